The van der Waals surface area contributed by atoms with Crippen LogP contribution in [0.15, 0.2) is 0 Å². The molecule has 0 radical (unpaired) electrons. The number of amides is 2. The second-order valence-electron chi connectivity index (χ2n) is 3.89. The largest absolute Gasteiger partial charge is 0.480 e. The summed E-state index contributed by atoms with van der Waals surface area (Å²) >= 11 is 0. The lowest BCUT2D eigenvalue weighted by molar-refractivity contribution is -0.137. The average Bonchev–Trinajstić information content (AvgIpc) is 2.20. The molecule has 16 heavy (non-hydrogen) atoms. The van der Waals surface area contributed by atoms with E-state index in [1.54, 1.807) is 0 Å². The van der Waals surface area contributed by atoms with Crippen LogP contribution in [0.4, 0.5) is 4.79 Å². The summed E-state index contributed by atoms with van der Waals surface area (Å²) in [5.74, 6) is -0.700. The highest BCUT2D eigenvalue weighted by atomic mass is 16.5. The molecular weight excluding hydrogens is 212 g/mol. The Balaban J connectivity index is 4.14. The first-order chi connectivity index (χ1) is 7.47. The molecule has 0 aliphatic carbocycles. The van der Waals surface area contributed by atoms with Crippen molar-refractivity contribution in [1.82, 2.24) is 10.2 Å². The van der Waals surface area contributed by atoms with Gasteiger partial charge in [0.25, 0.3) is 0 Å². The van der Waals surface area contributed by atoms with Gasteiger partial charge in [-0.05, 0) is 5.92 Å². The van der Waals surface area contributed by atoms with E-state index in [0.29, 0.717) is 19.1 Å². The number of rotatable bonds is 7. The molecule has 0 aromatic heterocycles. The van der Waals surface area contributed by atoms with Gasteiger partial charge < -0.3 is 20.1 Å². The summed E-state index contributed by atoms with van der Waals surface area (Å²) in [6.45, 7) is 4.75. The Hall–Kier alpha value is -1.30. The van der Waals surface area contributed by atoms with Crippen molar-refractivity contribution in [2.45, 2.75) is 13.8 Å². The van der Waals surface area contributed by atoms with Gasteiger partial charge in [-0.25, -0.2) is 4.79 Å². The molecule has 0 aliphatic heterocycles. The molecule has 6 heteroatoms. The molecule has 0 saturated heterocycles. The Morgan fingerprint density at radius 1 is 1.44 bits per heavy atom. The lowest BCUT2D eigenvalue weighted by Crippen LogP contribution is -2.45. The normalized spacial score (nSPS) is 10.2. The van der Waals surface area contributed by atoms with Gasteiger partial charge in [0, 0.05) is 20.2 Å². The Kier molecular flexibility index (Phi) is 7.28. The smallest absolute Gasteiger partial charge is 0.323 e. The molecule has 0 unspecified atom stereocenters. The van der Waals surface area contributed by atoms with E-state index in [4.69, 9.17) is 9.84 Å². The SMILES string of the molecule is COCCN(CC(=O)O)C(=O)NCC(C)C. The number of nitrogens with zero attached hydrogens (tertiary/aromatic N) is 1. The van der Waals surface area contributed by atoms with Crippen LogP contribution in [0.1, 0.15) is 13.8 Å². The minimum absolute atomic E-state index is 0.271. The molecule has 0 aromatic carbocycles. The first-order valence-corrected chi connectivity index (χ1v) is 5.20. The highest BCUT2D eigenvalue weighted by Gasteiger charge is 2.15. The molecule has 0 fully saturated rings. The van der Waals surface area contributed by atoms with Crippen LogP contribution in [0.25, 0.3) is 0 Å². The standard InChI is InChI=1S/C10H20N2O4/c1-8(2)6-11-10(15)12(4-5-16-3)7-9(13)14/h8H,4-7H2,1-3H3,(H,11,15)(H,13,14). The number of carbonyl (C=O) groups excluding carboxylic acids is 1. The Labute approximate surface area is 95.6 Å². The summed E-state index contributed by atoms with van der Waals surface area (Å²) in [4.78, 5) is 23.4. The number of carbonyl (C=O) groups is 2. The maximum Gasteiger partial charge on any atom is 0.323 e. The molecule has 94 valence electrons. The fourth-order valence-electron chi connectivity index (χ4n) is 1.02. The maximum absolute atomic E-state index is 11.6. The topological polar surface area (TPSA) is 78.9 Å². The van der Waals surface area contributed by atoms with E-state index < -0.39 is 5.97 Å². The monoisotopic (exact) mass is 232 g/mol. The number of aliphatic carboxylic acids is 1. The van der Waals surface area contributed by atoms with Crippen LogP contribution >= 0.6 is 0 Å². The quantitative estimate of drug-likeness (QED) is 0.665. The highest BCUT2D eigenvalue weighted by Crippen LogP contribution is 1.93. The van der Waals surface area contributed by atoms with E-state index >= 15 is 0 Å². The Bertz CT molecular complexity index is 231. The molecule has 6 nitrogen and oxygen atoms in total. The summed E-state index contributed by atoms with van der Waals surface area (Å²) < 4.78 is 4.82. The third-order valence-electron chi connectivity index (χ3n) is 1.84. The van der Waals surface area contributed by atoms with Gasteiger partial charge in [-0.3, -0.25) is 4.79 Å². The van der Waals surface area contributed by atoms with Crippen molar-refractivity contribution < 1.29 is 19.4 Å². The predicted molar refractivity (Wildman–Crippen MR) is 59.3 cm³/mol. The van der Waals surface area contributed by atoms with Crippen LogP contribution in [0.5, 0.6) is 0 Å². The van der Waals surface area contributed by atoms with Gasteiger partial charge >= 0.3 is 12.0 Å². The van der Waals surface area contributed by atoms with Crippen LogP contribution in [0, 0.1) is 5.92 Å². The number of hydrogen-bond donors (Lipinski definition) is 2. The van der Waals surface area contributed by atoms with Gasteiger partial charge in [-0.15, -0.1) is 0 Å². The molecule has 2 N–H and O–H groups in total. The lowest BCUT2D eigenvalue weighted by Gasteiger charge is -2.21. The predicted octanol–water partition coefficient (Wildman–Crippen LogP) is 0.385. The van der Waals surface area contributed by atoms with Crippen molar-refractivity contribution in [3.8, 4) is 0 Å². The number of methoxy groups -OCH3 is 1. The van der Waals surface area contributed by atoms with Crippen molar-refractivity contribution in [2.75, 3.05) is 33.4 Å². The number of carboxylic acid groups (broad SMARTS) is 1. The fraction of sp³-hybridized carbons (Fsp3) is 0.800. The van der Waals surface area contributed by atoms with E-state index in [1.165, 1.54) is 12.0 Å². The number of hydrogen-bond acceptors (Lipinski definition) is 3. The molecule has 0 aliphatic rings. The van der Waals surface area contributed by atoms with Crippen molar-refractivity contribution in [3.63, 3.8) is 0 Å². The molecule has 0 atom stereocenters. The van der Waals surface area contributed by atoms with Crippen LogP contribution in [-0.2, 0) is 9.53 Å². The number of carboxylic acids is 1. The summed E-state index contributed by atoms with van der Waals surface area (Å²) in [7, 11) is 1.50. The highest BCUT2D eigenvalue weighted by molar-refractivity contribution is 5.80. The zero-order valence-electron chi connectivity index (χ0n) is 10.0. The Morgan fingerprint density at radius 2 is 2.06 bits per heavy atom. The first kappa shape index (κ1) is 14.7. The van der Waals surface area contributed by atoms with Crippen molar-refractivity contribution in [3.05, 3.63) is 0 Å². The van der Waals surface area contributed by atoms with Gasteiger partial charge in [0.1, 0.15) is 6.54 Å². The van der Waals surface area contributed by atoms with Crippen LogP contribution < -0.4 is 5.32 Å². The molecule has 0 aromatic rings. The number of urea groups is 1. The van der Waals surface area contributed by atoms with E-state index in [2.05, 4.69) is 5.32 Å². The Morgan fingerprint density at radius 3 is 2.50 bits per heavy atom. The van der Waals surface area contributed by atoms with E-state index in [9.17, 15) is 9.59 Å². The minimum Gasteiger partial charge on any atom is -0.480 e. The van der Waals surface area contributed by atoms with Gasteiger partial charge in [-0.2, -0.15) is 0 Å². The lowest BCUT2D eigenvalue weighted by atomic mass is 10.2. The molecule has 0 bridgehead atoms. The minimum atomic E-state index is -1.03. The number of ether oxygens (including phenoxy) is 1. The van der Waals surface area contributed by atoms with Crippen molar-refractivity contribution >= 4 is 12.0 Å². The second kappa shape index (κ2) is 7.92. The first-order valence-electron chi connectivity index (χ1n) is 5.20. The van der Waals surface area contributed by atoms with Crippen molar-refractivity contribution in [2.24, 2.45) is 5.92 Å². The average molecular weight is 232 g/mol. The fourth-order valence-corrected chi connectivity index (χ4v) is 1.02. The zero-order valence-corrected chi connectivity index (χ0v) is 10.0. The zero-order chi connectivity index (χ0) is 12.6. The van der Waals surface area contributed by atoms with E-state index in [0.717, 1.165) is 0 Å². The second-order valence-corrected chi connectivity index (χ2v) is 3.89. The molecular formula is C10H20N2O4. The van der Waals surface area contributed by atoms with Gasteiger partial charge in [-0.1, -0.05) is 13.8 Å². The molecule has 2 amide bonds. The molecule has 0 saturated carbocycles. The van der Waals surface area contributed by atoms with Crippen LogP contribution in [-0.4, -0.2) is 55.4 Å². The summed E-state index contributed by atoms with van der Waals surface area (Å²) in [6, 6.07) is -0.367. The maximum atomic E-state index is 11.6. The number of nitrogens with one attached hydrogen (secondary N) is 1. The van der Waals surface area contributed by atoms with Crippen molar-refractivity contribution in [1.29, 1.82) is 0 Å². The van der Waals surface area contributed by atoms with E-state index in [1.807, 2.05) is 13.8 Å². The van der Waals surface area contributed by atoms with Crippen LogP contribution in [0.2, 0.25) is 0 Å². The third-order valence-corrected chi connectivity index (χ3v) is 1.84. The third kappa shape index (κ3) is 7.05. The van der Waals surface area contributed by atoms with Crippen LogP contribution in [0.3, 0.4) is 0 Å². The van der Waals surface area contributed by atoms with Gasteiger partial charge in [0.2, 0.25) is 0 Å². The molecule has 0 heterocycles. The molecule has 0 spiro atoms. The summed E-state index contributed by atoms with van der Waals surface area (Å²) in [6.07, 6.45) is 0. The van der Waals surface area contributed by atoms with E-state index in [-0.39, 0.29) is 19.1 Å². The van der Waals surface area contributed by atoms with Gasteiger partial charge in [0.15, 0.2) is 0 Å². The summed E-state index contributed by atoms with van der Waals surface area (Å²) in [5.41, 5.74) is 0. The summed E-state index contributed by atoms with van der Waals surface area (Å²) in [5, 5.41) is 11.3. The van der Waals surface area contributed by atoms with Gasteiger partial charge in [0.05, 0.1) is 6.61 Å². The molecule has 0 rings (SSSR count).